The third-order valence-electron chi connectivity index (χ3n) is 3.40. The van der Waals surface area contributed by atoms with Crippen LogP contribution in [0.4, 0.5) is 0 Å². The highest BCUT2D eigenvalue weighted by molar-refractivity contribution is 6.30. The Morgan fingerprint density at radius 3 is 2.46 bits per heavy atom. The number of nitrogens with zero attached hydrogens (tertiary/aromatic N) is 2. The Labute approximate surface area is 144 Å². The van der Waals surface area contributed by atoms with Crippen LogP contribution in [0.2, 0.25) is 5.02 Å². The van der Waals surface area contributed by atoms with E-state index in [2.05, 4.69) is 10.1 Å². The van der Waals surface area contributed by atoms with Gasteiger partial charge >= 0.3 is 5.97 Å². The molecule has 0 saturated carbocycles. The van der Waals surface area contributed by atoms with E-state index in [1.165, 1.54) is 0 Å². The van der Waals surface area contributed by atoms with E-state index >= 15 is 0 Å². The van der Waals surface area contributed by atoms with Gasteiger partial charge in [-0.05, 0) is 48.4 Å². The molecule has 2 aromatic carbocycles. The molecule has 0 aliphatic carbocycles. The Hall–Kier alpha value is -2.66. The third kappa shape index (κ3) is 4.20. The van der Waals surface area contributed by atoms with Crippen molar-refractivity contribution in [2.24, 2.45) is 0 Å². The van der Waals surface area contributed by atoms with E-state index in [0.717, 1.165) is 11.1 Å². The number of ether oxygens (including phenoxy) is 1. The van der Waals surface area contributed by atoms with Gasteiger partial charge < -0.3 is 9.26 Å². The molecule has 0 aliphatic heterocycles. The zero-order valence-corrected chi connectivity index (χ0v) is 13.8. The zero-order chi connectivity index (χ0) is 16.9. The van der Waals surface area contributed by atoms with Crippen molar-refractivity contribution < 1.29 is 14.1 Å². The number of benzene rings is 2. The number of aromatic nitrogens is 2. The number of esters is 1. The van der Waals surface area contributed by atoms with Crippen molar-refractivity contribution in [2.75, 3.05) is 0 Å². The first-order chi connectivity index (χ1) is 11.6. The number of rotatable bonds is 5. The fraction of sp³-hybridized carbons (Fsp3) is 0.167. The Morgan fingerprint density at radius 2 is 1.83 bits per heavy atom. The van der Waals surface area contributed by atoms with Crippen molar-refractivity contribution in [1.82, 2.24) is 10.1 Å². The van der Waals surface area contributed by atoms with E-state index in [9.17, 15) is 4.79 Å². The van der Waals surface area contributed by atoms with Crippen LogP contribution >= 0.6 is 11.6 Å². The summed E-state index contributed by atoms with van der Waals surface area (Å²) in [5, 5.41) is 4.52. The fourth-order valence-electron chi connectivity index (χ4n) is 2.17. The van der Waals surface area contributed by atoms with Crippen LogP contribution in [0, 0.1) is 6.92 Å². The monoisotopic (exact) mass is 342 g/mol. The number of hydrogen-bond donors (Lipinski definition) is 0. The quantitative estimate of drug-likeness (QED) is 0.512. The van der Waals surface area contributed by atoms with Crippen LogP contribution in [0.5, 0.6) is 5.75 Å². The molecular formula is C18H15ClN2O3. The van der Waals surface area contributed by atoms with Crippen LogP contribution in [0.3, 0.4) is 0 Å². The zero-order valence-electron chi connectivity index (χ0n) is 13.0. The predicted molar refractivity (Wildman–Crippen MR) is 89.9 cm³/mol. The van der Waals surface area contributed by atoms with Gasteiger partial charge in [0.25, 0.3) is 0 Å². The summed E-state index contributed by atoms with van der Waals surface area (Å²) in [5.74, 6) is 1.21. The Bertz CT molecular complexity index is 826. The molecule has 0 N–H and O–H groups in total. The van der Waals surface area contributed by atoms with Crippen LogP contribution in [0.15, 0.2) is 53.1 Å². The second-order valence-corrected chi connectivity index (χ2v) is 5.70. The van der Waals surface area contributed by atoms with Crippen LogP contribution in [0.1, 0.15) is 17.9 Å². The van der Waals surface area contributed by atoms with E-state index in [4.69, 9.17) is 20.9 Å². The molecular weight excluding hydrogens is 328 g/mol. The maximum absolute atomic E-state index is 11.9. The molecule has 0 aliphatic rings. The lowest BCUT2D eigenvalue weighted by atomic mass is 10.1. The van der Waals surface area contributed by atoms with E-state index < -0.39 is 0 Å². The summed E-state index contributed by atoms with van der Waals surface area (Å²) in [5.41, 5.74) is 1.84. The number of carbonyl (C=O) groups is 1. The summed E-state index contributed by atoms with van der Waals surface area (Å²) >= 11 is 5.83. The molecule has 5 nitrogen and oxygen atoms in total. The molecule has 0 unspecified atom stereocenters. The summed E-state index contributed by atoms with van der Waals surface area (Å²) in [7, 11) is 0. The topological polar surface area (TPSA) is 65.2 Å². The average Bonchev–Trinajstić information content (AvgIpc) is 3.01. The second kappa shape index (κ2) is 7.27. The van der Waals surface area contributed by atoms with Gasteiger partial charge in [-0.2, -0.15) is 4.98 Å². The molecule has 122 valence electrons. The number of halogens is 1. The summed E-state index contributed by atoms with van der Waals surface area (Å²) < 4.78 is 10.3. The van der Waals surface area contributed by atoms with Crippen LogP contribution in [-0.2, 0) is 11.2 Å². The van der Waals surface area contributed by atoms with Gasteiger partial charge in [-0.25, -0.2) is 0 Å². The minimum Gasteiger partial charge on any atom is -0.427 e. The lowest BCUT2D eigenvalue weighted by molar-refractivity contribution is -0.134. The fourth-order valence-corrected chi connectivity index (χ4v) is 2.29. The first kappa shape index (κ1) is 16.2. The molecule has 0 radical (unpaired) electrons. The Kier molecular flexibility index (Phi) is 4.91. The molecule has 0 atom stereocenters. The molecule has 24 heavy (non-hydrogen) atoms. The smallest absolute Gasteiger partial charge is 0.311 e. The molecule has 0 saturated heterocycles. The molecule has 0 fully saturated rings. The van der Waals surface area contributed by atoms with Gasteiger partial charge in [-0.15, -0.1) is 0 Å². The summed E-state index contributed by atoms with van der Waals surface area (Å²) in [6.07, 6.45) is 0.906. The van der Waals surface area contributed by atoms with Gasteiger partial charge in [0, 0.05) is 23.9 Å². The number of hydrogen-bond acceptors (Lipinski definition) is 5. The van der Waals surface area contributed by atoms with Gasteiger partial charge in [0.2, 0.25) is 11.7 Å². The lowest BCUT2D eigenvalue weighted by Crippen LogP contribution is -2.08. The Morgan fingerprint density at radius 1 is 1.12 bits per heavy atom. The molecule has 3 rings (SSSR count). The van der Waals surface area contributed by atoms with Gasteiger partial charge in [-0.1, -0.05) is 28.9 Å². The largest absolute Gasteiger partial charge is 0.427 e. The second-order valence-electron chi connectivity index (χ2n) is 5.26. The van der Waals surface area contributed by atoms with Crippen LogP contribution in [-0.4, -0.2) is 16.1 Å². The summed E-state index contributed by atoms with van der Waals surface area (Å²) in [6.45, 7) is 1.73. The number of carbonyl (C=O) groups excluding carboxylic acids is 1. The maximum Gasteiger partial charge on any atom is 0.311 e. The van der Waals surface area contributed by atoms with Crippen LogP contribution in [0.25, 0.3) is 11.4 Å². The van der Waals surface area contributed by atoms with Crippen molar-refractivity contribution >= 4 is 17.6 Å². The van der Waals surface area contributed by atoms with Gasteiger partial charge in [0.05, 0.1) is 0 Å². The van der Waals surface area contributed by atoms with E-state index in [0.29, 0.717) is 35.3 Å². The minimum atomic E-state index is -0.284. The SMILES string of the molecule is Cc1nc(-c2ccc(OC(=O)CCc3ccc(Cl)cc3)cc2)no1. The summed E-state index contributed by atoms with van der Waals surface area (Å²) in [4.78, 5) is 16.1. The van der Waals surface area contributed by atoms with E-state index in [1.807, 2.05) is 12.1 Å². The van der Waals surface area contributed by atoms with Crippen molar-refractivity contribution in [3.05, 3.63) is 65.0 Å². The summed E-state index contributed by atoms with van der Waals surface area (Å²) in [6, 6.07) is 14.4. The molecule has 0 amide bonds. The predicted octanol–water partition coefficient (Wildman–Crippen LogP) is 4.24. The highest BCUT2D eigenvalue weighted by Gasteiger charge is 2.08. The first-order valence-corrected chi connectivity index (χ1v) is 7.84. The maximum atomic E-state index is 11.9. The van der Waals surface area contributed by atoms with Crippen molar-refractivity contribution in [2.45, 2.75) is 19.8 Å². The lowest BCUT2D eigenvalue weighted by Gasteiger charge is -2.05. The average molecular weight is 343 g/mol. The Balaban J connectivity index is 1.55. The normalized spacial score (nSPS) is 10.6. The molecule has 0 spiro atoms. The molecule has 1 heterocycles. The highest BCUT2D eigenvalue weighted by Crippen LogP contribution is 2.20. The molecule has 0 bridgehead atoms. The van der Waals surface area contributed by atoms with Gasteiger partial charge in [-0.3, -0.25) is 4.79 Å². The van der Waals surface area contributed by atoms with E-state index in [-0.39, 0.29) is 5.97 Å². The first-order valence-electron chi connectivity index (χ1n) is 7.46. The third-order valence-corrected chi connectivity index (χ3v) is 3.65. The molecule has 6 heteroatoms. The van der Waals surface area contributed by atoms with E-state index in [1.54, 1.807) is 43.3 Å². The highest BCUT2D eigenvalue weighted by atomic mass is 35.5. The van der Waals surface area contributed by atoms with Crippen molar-refractivity contribution in [3.63, 3.8) is 0 Å². The minimum absolute atomic E-state index is 0.284. The van der Waals surface area contributed by atoms with Crippen molar-refractivity contribution in [1.29, 1.82) is 0 Å². The van der Waals surface area contributed by atoms with Gasteiger partial charge in [0.1, 0.15) is 5.75 Å². The standard InChI is InChI=1S/C18H15ClN2O3/c1-12-20-18(21-24-12)14-5-9-16(10-6-14)23-17(22)11-4-13-2-7-15(19)8-3-13/h2-3,5-10H,4,11H2,1H3. The van der Waals surface area contributed by atoms with Crippen molar-refractivity contribution in [3.8, 4) is 17.1 Å². The van der Waals surface area contributed by atoms with Crippen LogP contribution < -0.4 is 4.74 Å². The molecule has 3 aromatic rings. The molecule has 1 aromatic heterocycles. The number of aryl methyl sites for hydroxylation is 2. The van der Waals surface area contributed by atoms with Gasteiger partial charge in [0.15, 0.2) is 0 Å².